The van der Waals surface area contributed by atoms with Gasteiger partial charge in [-0.2, -0.15) is 0 Å². The van der Waals surface area contributed by atoms with Gasteiger partial charge in [-0.25, -0.2) is 0 Å². The van der Waals surface area contributed by atoms with Crippen molar-refractivity contribution >= 4 is 0 Å². The summed E-state index contributed by atoms with van der Waals surface area (Å²) in [6, 6.07) is 0. The first-order valence-electron chi connectivity index (χ1n) is 4.78. The Labute approximate surface area is 70.1 Å². The summed E-state index contributed by atoms with van der Waals surface area (Å²) in [5.74, 6) is 2.24. The third-order valence-corrected chi connectivity index (χ3v) is 3.17. The zero-order chi connectivity index (χ0) is 8.43. The van der Waals surface area contributed by atoms with Crippen LogP contribution in [0.1, 0.15) is 34.1 Å². The molecule has 66 valence electrons. The van der Waals surface area contributed by atoms with Gasteiger partial charge in [-0.1, -0.05) is 34.1 Å². The second-order valence-corrected chi connectivity index (χ2v) is 4.02. The Morgan fingerprint density at radius 2 is 2.09 bits per heavy atom. The fraction of sp³-hybridized carbons (Fsp3) is 1.00. The molecule has 0 amide bonds. The largest absolute Gasteiger partial charge is 0.377 e. The van der Waals surface area contributed by atoms with E-state index in [2.05, 4.69) is 27.7 Å². The van der Waals surface area contributed by atoms with Gasteiger partial charge < -0.3 is 4.74 Å². The molecule has 0 radical (unpaired) electrons. The lowest BCUT2D eigenvalue weighted by molar-refractivity contribution is 0.0499. The fourth-order valence-corrected chi connectivity index (χ4v) is 1.81. The van der Waals surface area contributed by atoms with Crippen LogP contribution in [0, 0.1) is 17.8 Å². The van der Waals surface area contributed by atoms with Gasteiger partial charge in [0, 0.05) is 6.61 Å². The van der Waals surface area contributed by atoms with Crippen molar-refractivity contribution in [2.45, 2.75) is 40.2 Å². The topological polar surface area (TPSA) is 9.23 Å². The SMILES string of the molecule is CC[C@@H](C)[C@H]1OC[C@@H](C)[C@H]1C. The van der Waals surface area contributed by atoms with Crippen molar-refractivity contribution in [2.75, 3.05) is 6.61 Å². The average Bonchev–Trinajstić information content (AvgIpc) is 2.32. The van der Waals surface area contributed by atoms with Crippen molar-refractivity contribution in [2.24, 2.45) is 17.8 Å². The molecule has 0 unspecified atom stereocenters. The summed E-state index contributed by atoms with van der Waals surface area (Å²) in [6.07, 6.45) is 1.76. The lowest BCUT2D eigenvalue weighted by atomic mass is 9.87. The minimum atomic E-state index is 0.523. The summed E-state index contributed by atoms with van der Waals surface area (Å²) in [5, 5.41) is 0. The Morgan fingerprint density at radius 1 is 1.45 bits per heavy atom. The molecular formula is C10H20O. The molecule has 0 spiro atoms. The van der Waals surface area contributed by atoms with Crippen molar-refractivity contribution < 1.29 is 4.74 Å². The Hall–Kier alpha value is -0.0400. The normalized spacial score (nSPS) is 40.9. The van der Waals surface area contributed by atoms with Gasteiger partial charge in [-0.3, -0.25) is 0 Å². The van der Waals surface area contributed by atoms with Crippen molar-refractivity contribution in [3.05, 3.63) is 0 Å². The molecule has 1 fully saturated rings. The van der Waals surface area contributed by atoms with Crippen LogP contribution in [-0.4, -0.2) is 12.7 Å². The molecule has 1 aliphatic heterocycles. The van der Waals surface area contributed by atoms with Crippen molar-refractivity contribution in [3.63, 3.8) is 0 Å². The first kappa shape index (κ1) is 9.05. The molecule has 1 saturated heterocycles. The fourth-order valence-electron chi connectivity index (χ4n) is 1.81. The van der Waals surface area contributed by atoms with Crippen molar-refractivity contribution in [1.29, 1.82) is 0 Å². The summed E-state index contributed by atoms with van der Waals surface area (Å²) in [6.45, 7) is 10.1. The Kier molecular flexibility index (Phi) is 2.94. The van der Waals surface area contributed by atoms with Crippen LogP contribution in [0.3, 0.4) is 0 Å². The summed E-state index contributed by atoms with van der Waals surface area (Å²) in [4.78, 5) is 0. The molecule has 1 heterocycles. The second kappa shape index (κ2) is 3.57. The Balaban J connectivity index is 2.47. The number of hydrogen-bond acceptors (Lipinski definition) is 1. The van der Waals surface area contributed by atoms with E-state index in [0.717, 1.165) is 24.4 Å². The zero-order valence-corrected chi connectivity index (χ0v) is 8.13. The maximum atomic E-state index is 5.73. The number of rotatable bonds is 2. The van der Waals surface area contributed by atoms with Crippen LogP contribution >= 0.6 is 0 Å². The van der Waals surface area contributed by atoms with E-state index in [1.807, 2.05) is 0 Å². The highest BCUT2D eigenvalue weighted by Gasteiger charge is 2.33. The van der Waals surface area contributed by atoms with E-state index in [9.17, 15) is 0 Å². The third-order valence-electron chi connectivity index (χ3n) is 3.17. The molecule has 0 aromatic heterocycles. The summed E-state index contributed by atoms with van der Waals surface area (Å²) in [5.41, 5.74) is 0. The maximum Gasteiger partial charge on any atom is 0.0629 e. The predicted molar refractivity (Wildman–Crippen MR) is 47.5 cm³/mol. The highest BCUT2D eigenvalue weighted by atomic mass is 16.5. The molecule has 1 aliphatic rings. The van der Waals surface area contributed by atoms with Crippen molar-refractivity contribution in [3.8, 4) is 0 Å². The van der Waals surface area contributed by atoms with Gasteiger partial charge >= 0.3 is 0 Å². The predicted octanol–water partition coefficient (Wildman–Crippen LogP) is 2.70. The lowest BCUT2D eigenvalue weighted by Crippen LogP contribution is -2.23. The van der Waals surface area contributed by atoms with Crippen LogP contribution in [0.4, 0.5) is 0 Å². The molecule has 0 aliphatic carbocycles. The van der Waals surface area contributed by atoms with Crippen LogP contribution in [-0.2, 0) is 4.74 Å². The summed E-state index contributed by atoms with van der Waals surface area (Å²) >= 11 is 0. The molecule has 0 aromatic rings. The average molecular weight is 156 g/mol. The molecule has 0 bridgehead atoms. The molecule has 4 atom stereocenters. The zero-order valence-electron chi connectivity index (χ0n) is 8.13. The Morgan fingerprint density at radius 3 is 2.45 bits per heavy atom. The van der Waals surface area contributed by atoms with Crippen LogP contribution in [0.15, 0.2) is 0 Å². The summed E-state index contributed by atoms with van der Waals surface area (Å²) in [7, 11) is 0. The van der Waals surface area contributed by atoms with Crippen LogP contribution in [0.25, 0.3) is 0 Å². The molecule has 1 rings (SSSR count). The minimum Gasteiger partial charge on any atom is -0.377 e. The van der Waals surface area contributed by atoms with Crippen LogP contribution in [0.5, 0.6) is 0 Å². The molecular weight excluding hydrogens is 136 g/mol. The Bertz CT molecular complexity index is 122. The summed E-state index contributed by atoms with van der Waals surface area (Å²) < 4.78 is 5.73. The standard InChI is InChI=1S/C10H20O/c1-5-7(2)10-9(4)8(3)6-11-10/h7-10H,5-6H2,1-4H3/t7-,8-,9-,10-/m1/s1. The number of ether oxygens (including phenoxy) is 1. The minimum absolute atomic E-state index is 0.523. The van der Waals surface area contributed by atoms with Gasteiger partial charge in [0.1, 0.15) is 0 Å². The first-order chi connectivity index (χ1) is 5.16. The molecule has 1 nitrogen and oxygen atoms in total. The van der Waals surface area contributed by atoms with Gasteiger partial charge in [-0.05, 0) is 17.8 Å². The molecule has 11 heavy (non-hydrogen) atoms. The maximum absolute atomic E-state index is 5.73. The van der Waals surface area contributed by atoms with E-state index in [1.54, 1.807) is 0 Å². The molecule has 1 heteroatoms. The van der Waals surface area contributed by atoms with Gasteiger partial charge in [-0.15, -0.1) is 0 Å². The first-order valence-corrected chi connectivity index (χ1v) is 4.78. The van der Waals surface area contributed by atoms with E-state index in [4.69, 9.17) is 4.74 Å². The quantitative estimate of drug-likeness (QED) is 0.597. The van der Waals surface area contributed by atoms with E-state index < -0.39 is 0 Å². The van der Waals surface area contributed by atoms with Gasteiger partial charge in [0.25, 0.3) is 0 Å². The smallest absolute Gasteiger partial charge is 0.0629 e. The second-order valence-electron chi connectivity index (χ2n) is 4.02. The molecule has 0 saturated carbocycles. The van der Waals surface area contributed by atoms with Gasteiger partial charge in [0.05, 0.1) is 6.10 Å². The van der Waals surface area contributed by atoms with Crippen molar-refractivity contribution in [1.82, 2.24) is 0 Å². The third kappa shape index (κ3) is 1.76. The van der Waals surface area contributed by atoms with E-state index in [0.29, 0.717) is 6.10 Å². The van der Waals surface area contributed by atoms with Gasteiger partial charge in [0.15, 0.2) is 0 Å². The number of hydrogen-bond donors (Lipinski definition) is 0. The van der Waals surface area contributed by atoms with E-state index in [-0.39, 0.29) is 0 Å². The van der Waals surface area contributed by atoms with Crippen LogP contribution < -0.4 is 0 Å². The molecule has 0 N–H and O–H groups in total. The van der Waals surface area contributed by atoms with Crippen LogP contribution in [0.2, 0.25) is 0 Å². The molecule has 0 aromatic carbocycles. The highest BCUT2D eigenvalue weighted by Crippen LogP contribution is 2.31. The van der Waals surface area contributed by atoms with E-state index >= 15 is 0 Å². The van der Waals surface area contributed by atoms with Gasteiger partial charge in [0.2, 0.25) is 0 Å². The van der Waals surface area contributed by atoms with E-state index in [1.165, 1.54) is 6.42 Å². The lowest BCUT2D eigenvalue weighted by Gasteiger charge is -2.21. The monoisotopic (exact) mass is 156 g/mol. The highest BCUT2D eigenvalue weighted by molar-refractivity contribution is 4.81.